The molecular formula is C23H26O6. The van der Waals surface area contributed by atoms with Crippen LogP contribution in [0, 0.1) is 0 Å². The first kappa shape index (κ1) is 21.0. The third-order valence-electron chi connectivity index (χ3n) is 4.88. The van der Waals surface area contributed by atoms with Crippen LogP contribution in [-0.2, 0) is 23.8 Å². The number of hydrogen-bond acceptors (Lipinski definition) is 5. The number of hydrogen-bond donors (Lipinski definition) is 1. The Morgan fingerprint density at radius 3 is 2.00 bits per heavy atom. The lowest BCUT2D eigenvalue weighted by Gasteiger charge is -2.14. The molecule has 0 radical (unpaired) electrons. The number of carbonyl (C=O) groups excluding carboxylic acids is 1. The molecule has 1 aliphatic rings. The van der Waals surface area contributed by atoms with E-state index in [9.17, 15) is 9.59 Å². The predicted octanol–water partition coefficient (Wildman–Crippen LogP) is 3.63. The maximum absolute atomic E-state index is 12.1. The molecule has 2 aromatic carbocycles. The second-order valence-corrected chi connectivity index (χ2v) is 6.88. The molecule has 3 rings (SSSR count). The Bertz CT molecular complexity index is 786. The summed E-state index contributed by atoms with van der Waals surface area (Å²) in [5.74, 6) is -1.03. The Labute approximate surface area is 170 Å². The van der Waals surface area contributed by atoms with Gasteiger partial charge in [-0.1, -0.05) is 48.5 Å². The summed E-state index contributed by atoms with van der Waals surface area (Å²) in [6.07, 6.45) is 0.865. The molecular weight excluding hydrogens is 372 g/mol. The first-order chi connectivity index (χ1) is 14.2. The van der Waals surface area contributed by atoms with E-state index in [2.05, 4.69) is 24.3 Å². The van der Waals surface area contributed by atoms with Crippen molar-refractivity contribution in [3.05, 3.63) is 59.7 Å². The molecule has 0 amide bonds. The zero-order valence-corrected chi connectivity index (χ0v) is 16.3. The number of carbonyl (C=O) groups is 2. The molecule has 29 heavy (non-hydrogen) atoms. The molecule has 2 aromatic rings. The summed E-state index contributed by atoms with van der Waals surface area (Å²) in [6.45, 7) is 1.68. The van der Waals surface area contributed by atoms with Gasteiger partial charge in [0.25, 0.3) is 0 Å². The average molecular weight is 398 g/mol. The van der Waals surface area contributed by atoms with Crippen LogP contribution in [0.5, 0.6) is 0 Å². The van der Waals surface area contributed by atoms with E-state index in [4.69, 9.17) is 19.3 Å². The number of esters is 1. The van der Waals surface area contributed by atoms with E-state index in [1.165, 1.54) is 22.3 Å². The summed E-state index contributed by atoms with van der Waals surface area (Å²) in [4.78, 5) is 22.4. The largest absolute Gasteiger partial charge is 0.481 e. The van der Waals surface area contributed by atoms with Crippen LogP contribution in [0.2, 0.25) is 0 Å². The number of carboxylic acid groups (broad SMARTS) is 1. The van der Waals surface area contributed by atoms with E-state index >= 15 is 0 Å². The van der Waals surface area contributed by atoms with E-state index in [1.807, 2.05) is 24.3 Å². The minimum absolute atomic E-state index is 0.0121. The molecule has 0 atom stereocenters. The third-order valence-corrected chi connectivity index (χ3v) is 4.88. The third kappa shape index (κ3) is 5.89. The SMILES string of the molecule is O=C(O)CCOCCOCCCC(=O)OCC1c2ccccc2-c2ccccc21. The van der Waals surface area contributed by atoms with Crippen LogP contribution in [0.3, 0.4) is 0 Å². The van der Waals surface area contributed by atoms with Crippen molar-refractivity contribution < 1.29 is 28.9 Å². The highest BCUT2D eigenvalue weighted by molar-refractivity contribution is 5.79. The molecule has 154 valence electrons. The lowest BCUT2D eigenvalue weighted by molar-refractivity contribution is -0.144. The Kier molecular flexibility index (Phi) is 7.78. The number of fused-ring (bicyclic) bond motifs is 3. The molecule has 0 saturated carbocycles. The van der Waals surface area contributed by atoms with Crippen molar-refractivity contribution in [2.24, 2.45) is 0 Å². The molecule has 0 heterocycles. The summed E-state index contributed by atoms with van der Waals surface area (Å²) < 4.78 is 16.1. The van der Waals surface area contributed by atoms with Gasteiger partial charge in [0.1, 0.15) is 6.61 Å². The Hall–Kier alpha value is -2.70. The fraction of sp³-hybridized carbons (Fsp3) is 0.391. The molecule has 0 aromatic heterocycles. The van der Waals surface area contributed by atoms with Crippen molar-refractivity contribution in [1.29, 1.82) is 0 Å². The van der Waals surface area contributed by atoms with Gasteiger partial charge < -0.3 is 19.3 Å². The number of aliphatic carboxylic acids is 1. The first-order valence-electron chi connectivity index (χ1n) is 9.88. The molecule has 6 heteroatoms. The van der Waals surface area contributed by atoms with Gasteiger partial charge in [-0.2, -0.15) is 0 Å². The van der Waals surface area contributed by atoms with Crippen LogP contribution in [-0.4, -0.2) is 50.1 Å². The highest BCUT2D eigenvalue weighted by Crippen LogP contribution is 2.44. The second-order valence-electron chi connectivity index (χ2n) is 6.88. The maximum atomic E-state index is 12.1. The molecule has 1 aliphatic carbocycles. The number of rotatable bonds is 12. The molecule has 0 fully saturated rings. The van der Waals surface area contributed by atoms with Crippen molar-refractivity contribution in [3.8, 4) is 11.1 Å². The van der Waals surface area contributed by atoms with Gasteiger partial charge in [-0.25, -0.2) is 0 Å². The van der Waals surface area contributed by atoms with Crippen LogP contribution in [0.25, 0.3) is 11.1 Å². The van der Waals surface area contributed by atoms with E-state index < -0.39 is 5.97 Å². The fourth-order valence-corrected chi connectivity index (χ4v) is 3.49. The maximum Gasteiger partial charge on any atom is 0.305 e. The van der Waals surface area contributed by atoms with Crippen LogP contribution in [0.15, 0.2) is 48.5 Å². The Balaban J connectivity index is 1.35. The molecule has 0 unspecified atom stereocenters. The summed E-state index contributed by atoms with van der Waals surface area (Å²) in [5.41, 5.74) is 4.83. The highest BCUT2D eigenvalue weighted by Gasteiger charge is 2.28. The lowest BCUT2D eigenvalue weighted by atomic mass is 9.98. The number of benzene rings is 2. The topological polar surface area (TPSA) is 82.1 Å². The molecule has 1 N–H and O–H groups in total. The fourth-order valence-electron chi connectivity index (χ4n) is 3.49. The van der Waals surface area contributed by atoms with E-state index in [0.717, 1.165) is 0 Å². The monoisotopic (exact) mass is 398 g/mol. The van der Waals surface area contributed by atoms with Crippen LogP contribution < -0.4 is 0 Å². The molecule has 0 bridgehead atoms. The van der Waals surface area contributed by atoms with Crippen LogP contribution >= 0.6 is 0 Å². The van der Waals surface area contributed by atoms with Gasteiger partial charge in [0.05, 0.1) is 26.2 Å². The van der Waals surface area contributed by atoms with Crippen LogP contribution in [0.1, 0.15) is 36.3 Å². The summed E-state index contributed by atoms with van der Waals surface area (Å²) in [7, 11) is 0. The van der Waals surface area contributed by atoms with Gasteiger partial charge in [-0.3, -0.25) is 9.59 Å². The van der Waals surface area contributed by atoms with Crippen LogP contribution in [0.4, 0.5) is 0 Å². The second kappa shape index (κ2) is 10.7. The van der Waals surface area contributed by atoms with Gasteiger partial charge in [0, 0.05) is 18.9 Å². The van der Waals surface area contributed by atoms with Crippen molar-refractivity contribution in [1.82, 2.24) is 0 Å². The molecule has 0 saturated heterocycles. The number of carboxylic acids is 1. The molecule has 0 spiro atoms. The Morgan fingerprint density at radius 1 is 0.793 bits per heavy atom. The van der Waals surface area contributed by atoms with Crippen molar-refractivity contribution in [2.45, 2.75) is 25.2 Å². The standard InChI is InChI=1S/C23H26O6/c24-22(25)11-13-28-15-14-27-12-5-10-23(26)29-16-21-19-8-3-1-6-17(19)18-7-2-4-9-20(18)21/h1-4,6-9,21H,5,10-16H2,(H,24,25). The van der Waals surface area contributed by atoms with Crippen molar-refractivity contribution in [2.75, 3.05) is 33.0 Å². The van der Waals surface area contributed by atoms with Crippen molar-refractivity contribution >= 4 is 11.9 Å². The summed E-state index contributed by atoms with van der Waals surface area (Å²) in [6, 6.07) is 16.5. The summed E-state index contributed by atoms with van der Waals surface area (Å²) in [5, 5.41) is 8.49. The number of ether oxygens (including phenoxy) is 3. The lowest BCUT2D eigenvalue weighted by Crippen LogP contribution is -2.13. The minimum atomic E-state index is -0.881. The van der Waals surface area contributed by atoms with Gasteiger partial charge >= 0.3 is 11.9 Å². The van der Waals surface area contributed by atoms with Crippen molar-refractivity contribution in [3.63, 3.8) is 0 Å². The normalized spacial score (nSPS) is 12.4. The smallest absolute Gasteiger partial charge is 0.305 e. The Morgan fingerprint density at radius 2 is 1.38 bits per heavy atom. The van der Waals surface area contributed by atoms with Gasteiger partial charge in [-0.05, 0) is 28.7 Å². The molecule has 0 aliphatic heterocycles. The molecule has 6 nitrogen and oxygen atoms in total. The quantitative estimate of drug-likeness (QED) is 0.434. The first-order valence-corrected chi connectivity index (χ1v) is 9.88. The summed E-state index contributed by atoms with van der Waals surface area (Å²) >= 11 is 0. The van der Waals surface area contributed by atoms with E-state index in [-0.39, 0.29) is 24.9 Å². The predicted molar refractivity (Wildman–Crippen MR) is 108 cm³/mol. The minimum Gasteiger partial charge on any atom is -0.481 e. The zero-order valence-electron chi connectivity index (χ0n) is 16.3. The zero-order chi connectivity index (χ0) is 20.5. The average Bonchev–Trinajstić information content (AvgIpc) is 3.04. The highest BCUT2D eigenvalue weighted by atomic mass is 16.5. The van der Waals surface area contributed by atoms with E-state index in [0.29, 0.717) is 39.3 Å². The van der Waals surface area contributed by atoms with E-state index in [1.54, 1.807) is 0 Å². The van der Waals surface area contributed by atoms with Gasteiger partial charge in [0.15, 0.2) is 0 Å². The van der Waals surface area contributed by atoms with Gasteiger partial charge in [-0.15, -0.1) is 0 Å². The van der Waals surface area contributed by atoms with Gasteiger partial charge in [0.2, 0.25) is 0 Å².